The van der Waals surface area contributed by atoms with Crippen LogP contribution >= 0.6 is 0 Å². The van der Waals surface area contributed by atoms with Crippen LogP contribution in [0.25, 0.3) is 0 Å². The van der Waals surface area contributed by atoms with Crippen LogP contribution in [0.1, 0.15) is 50.2 Å². The van der Waals surface area contributed by atoms with Crippen molar-refractivity contribution in [1.29, 1.82) is 0 Å². The van der Waals surface area contributed by atoms with Crippen LogP contribution in [-0.4, -0.2) is 11.8 Å². The number of hydrogen-bond acceptors (Lipinski definition) is 1. The summed E-state index contributed by atoms with van der Waals surface area (Å²) in [4.78, 5) is 4.85. The van der Waals surface area contributed by atoms with Crippen LogP contribution in [0.15, 0.2) is 29.3 Å². The van der Waals surface area contributed by atoms with E-state index in [0.717, 1.165) is 0 Å². The van der Waals surface area contributed by atoms with Gasteiger partial charge in [-0.2, -0.15) is 0 Å². The maximum Gasteiger partial charge on any atom is 0.0503 e. The second kappa shape index (κ2) is 5.29. The smallest absolute Gasteiger partial charge is 0.0503 e. The molecule has 0 aliphatic heterocycles. The molecule has 0 aromatic heterocycles. The van der Waals surface area contributed by atoms with Gasteiger partial charge < -0.3 is 0 Å². The molecule has 0 heterocycles. The Bertz CT molecular complexity index is 356. The van der Waals surface area contributed by atoms with E-state index in [0.29, 0.717) is 6.04 Å². The van der Waals surface area contributed by atoms with Crippen LogP contribution in [-0.2, 0) is 0 Å². The first-order valence-corrected chi connectivity index (χ1v) is 6.37. The van der Waals surface area contributed by atoms with Gasteiger partial charge in [-0.25, -0.2) is 0 Å². The van der Waals surface area contributed by atoms with Gasteiger partial charge in [-0.15, -0.1) is 0 Å². The number of rotatable bonds is 2. The molecule has 0 N–H and O–H groups in total. The molecule has 1 aromatic rings. The highest BCUT2D eigenvalue weighted by molar-refractivity contribution is 5.98. The lowest BCUT2D eigenvalue weighted by molar-refractivity contribution is 0.443. The van der Waals surface area contributed by atoms with Gasteiger partial charge in [0.15, 0.2) is 0 Å². The maximum absolute atomic E-state index is 4.85. The van der Waals surface area contributed by atoms with Gasteiger partial charge in [0, 0.05) is 5.71 Å². The Morgan fingerprint density at radius 2 is 1.69 bits per heavy atom. The summed E-state index contributed by atoms with van der Waals surface area (Å²) in [5.41, 5.74) is 3.79. The predicted octanol–water partition coefficient (Wildman–Crippen LogP) is 4.14. The summed E-state index contributed by atoms with van der Waals surface area (Å²) in [6.07, 6.45) is 6.67. The SMILES string of the molecule is CC(=NC1CCCCC1)c1ccc(C)cc1. The van der Waals surface area contributed by atoms with Gasteiger partial charge in [-0.05, 0) is 32.3 Å². The van der Waals surface area contributed by atoms with E-state index in [4.69, 9.17) is 4.99 Å². The average molecular weight is 215 g/mol. The van der Waals surface area contributed by atoms with Crippen LogP contribution in [0.5, 0.6) is 0 Å². The molecule has 16 heavy (non-hydrogen) atoms. The van der Waals surface area contributed by atoms with Crippen molar-refractivity contribution < 1.29 is 0 Å². The fourth-order valence-electron chi connectivity index (χ4n) is 2.35. The first-order chi connectivity index (χ1) is 7.75. The van der Waals surface area contributed by atoms with Gasteiger partial charge in [0.2, 0.25) is 0 Å². The minimum absolute atomic E-state index is 0.579. The normalized spacial score (nSPS) is 18.8. The molecule has 1 heteroatoms. The highest BCUT2D eigenvalue weighted by Crippen LogP contribution is 2.21. The zero-order chi connectivity index (χ0) is 11.4. The number of benzene rings is 1. The number of nitrogens with zero attached hydrogens (tertiary/aromatic N) is 1. The fourth-order valence-corrected chi connectivity index (χ4v) is 2.35. The van der Waals surface area contributed by atoms with E-state index in [1.807, 2.05) is 0 Å². The molecule has 86 valence electrons. The van der Waals surface area contributed by atoms with Crippen molar-refractivity contribution in [3.05, 3.63) is 35.4 Å². The molecule has 2 rings (SSSR count). The molecular weight excluding hydrogens is 194 g/mol. The van der Waals surface area contributed by atoms with E-state index in [2.05, 4.69) is 38.1 Å². The van der Waals surface area contributed by atoms with E-state index >= 15 is 0 Å². The van der Waals surface area contributed by atoms with E-state index in [1.165, 1.54) is 48.9 Å². The minimum atomic E-state index is 0.579. The summed E-state index contributed by atoms with van der Waals surface area (Å²) >= 11 is 0. The van der Waals surface area contributed by atoms with Crippen molar-refractivity contribution >= 4 is 5.71 Å². The van der Waals surface area contributed by atoms with E-state index in [9.17, 15) is 0 Å². The molecule has 0 spiro atoms. The third kappa shape index (κ3) is 2.94. The lowest BCUT2D eigenvalue weighted by atomic mass is 9.95. The molecule has 0 saturated heterocycles. The Labute approximate surface area is 98.6 Å². The average Bonchev–Trinajstić information content (AvgIpc) is 2.31. The van der Waals surface area contributed by atoms with Crippen molar-refractivity contribution in [1.82, 2.24) is 0 Å². The minimum Gasteiger partial charge on any atom is -0.286 e. The van der Waals surface area contributed by atoms with Gasteiger partial charge in [-0.1, -0.05) is 49.1 Å². The Kier molecular flexibility index (Phi) is 3.76. The maximum atomic E-state index is 4.85. The van der Waals surface area contributed by atoms with Crippen LogP contribution in [0.3, 0.4) is 0 Å². The Morgan fingerprint density at radius 3 is 2.31 bits per heavy atom. The molecule has 0 amide bonds. The largest absolute Gasteiger partial charge is 0.286 e. The third-order valence-electron chi connectivity index (χ3n) is 3.42. The number of hydrogen-bond donors (Lipinski definition) is 0. The predicted molar refractivity (Wildman–Crippen MR) is 70.3 cm³/mol. The number of aryl methyl sites for hydroxylation is 1. The Morgan fingerprint density at radius 1 is 1.06 bits per heavy atom. The number of aliphatic imine (C=N–C) groups is 1. The van der Waals surface area contributed by atoms with Crippen molar-refractivity contribution in [2.45, 2.75) is 52.0 Å². The van der Waals surface area contributed by atoms with Gasteiger partial charge in [-0.3, -0.25) is 4.99 Å². The fraction of sp³-hybridized carbons (Fsp3) is 0.533. The van der Waals surface area contributed by atoms with E-state index in [-0.39, 0.29) is 0 Å². The standard InChI is InChI=1S/C15H21N/c1-12-8-10-14(11-9-12)13(2)16-15-6-4-3-5-7-15/h8-11,15H,3-7H2,1-2H3. The van der Waals surface area contributed by atoms with Crippen molar-refractivity contribution in [2.24, 2.45) is 4.99 Å². The first kappa shape index (κ1) is 11.4. The zero-order valence-corrected chi connectivity index (χ0v) is 10.4. The molecule has 1 saturated carbocycles. The van der Waals surface area contributed by atoms with E-state index in [1.54, 1.807) is 0 Å². The quantitative estimate of drug-likeness (QED) is 0.658. The first-order valence-electron chi connectivity index (χ1n) is 6.37. The van der Waals surface area contributed by atoms with Gasteiger partial charge >= 0.3 is 0 Å². The van der Waals surface area contributed by atoms with Crippen LogP contribution in [0.4, 0.5) is 0 Å². The monoisotopic (exact) mass is 215 g/mol. The van der Waals surface area contributed by atoms with Gasteiger partial charge in [0.1, 0.15) is 0 Å². The Balaban J connectivity index is 2.07. The molecule has 1 aromatic carbocycles. The van der Waals surface area contributed by atoms with Gasteiger partial charge in [0.25, 0.3) is 0 Å². The summed E-state index contributed by atoms with van der Waals surface area (Å²) < 4.78 is 0. The van der Waals surface area contributed by atoms with Crippen molar-refractivity contribution in [3.8, 4) is 0 Å². The molecule has 0 atom stereocenters. The molecule has 1 nitrogen and oxygen atoms in total. The summed E-state index contributed by atoms with van der Waals surface area (Å²) in [7, 11) is 0. The zero-order valence-electron chi connectivity index (χ0n) is 10.4. The van der Waals surface area contributed by atoms with Crippen LogP contribution < -0.4 is 0 Å². The molecule has 0 radical (unpaired) electrons. The molecule has 0 bridgehead atoms. The second-order valence-corrected chi connectivity index (χ2v) is 4.87. The molecule has 1 fully saturated rings. The summed E-state index contributed by atoms with van der Waals surface area (Å²) in [6.45, 7) is 4.26. The third-order valence-corrected chi connectivity index (χ3v) is 3.42. The van der Waals surface area contributed by atoms with Crippen molar-refractivity contribution in [2.75, 3.05) is 0 Å². The van der Waals surface area contributed by atoms with E-state index < -0.39 is 0 Å². The van der Waals surface area contributed by atoms with Crippen LogP contribution in [0, 0.1) is 6.92 Å². The van der Waals surface area contributed by atoms with Crippen molar-refractivity contribution in [3.63, 3.8) is 0 Å². The summed E-state index contributed by atoms with van der Waals surface area (Å²) in [5, 5.41) is 0. The Hall–Kier alpha value is -1.11. The highest BCUT2D eigenvalue weighted by atomic mass is 14.8. The molecule has 1 aliphatic carbocycles. The van der Waals surface area contributed by atoms with Gasteiger partial charge in [0.05, 0.1) is 6.04 Å². The summed E-state index contributed by atoms with van der Waals surface area (Å²) in [5.74, 6) is 0. The molecule has 1 aliphatic rings. The van der Waals surface area contributed by atoms with Crippen LogP contribution in [0.2, 0.25) is 0 Å². The second-order valence-electron chi connectivity index (χ2n) is 4.87. The highest BCUT2D eigenvalue weighted by Gasteiger charge is 2.12. The topological polar surface area (TPSA) is 12.4 Å². The lowest BCUT2D eigenvalue weighted by Crippen LogP contribution is -2.12. The molecular formula is C15H21N. The summed E-state index contributed by atoms with van der Waals surface area (Å²) in [6, 6.07) is 9.26. The lowest BCUT2D eigenvalue weighted by Gasteiger charge is -2.18. The molecule has 0 unspecified atom stereocenters.